The Labute approximate surface area is 156 Å². The standard InChI is InChI=1S/C21H19NO3S/c23-17-11-19-18(24-13-25-19)10-15(17)12-22-8-6-20-16(7-9-26-20)21(22)14-4-2-1-3-5-14/h1-5,7,9-11,21,23H,6,8,12-13H2/t21-/m1/s1. The molecule has 0 fully saturated rings. The van der Waals surface area contributed by atoms with Crippen LogP contribution in [0.5, 0.6) is 17.2 Å². The quantitative estimate of drug-likeness (QED) is 0.750. The van der Waals surface area contributed by atoms with E-state index in [-0.39, 0.29) is 18.6 Å². The summed E-state index contributed by atoms with van der Waals surface area (Å²) < 4.78 is 10.8. The Morgan fingerprint density at radius 3 is 2.73 bits per heavy atom. The zero-order valence-corrected chi connectivity index (χ0v) is 15.0. The smallest absolute Gasteiger partial charge is 0.231 e. The molecule has 26 heavy (non-hydrogen) atoms. The molecule has 2 aliphatic rings. The van der Waals surface area contributed by atoms with Gasteiger partial charge in [0.15, 0.2) is 11.5 Å². The summed E-state index contributed by atoms with van der Waals surface area (Å²) in [7, 11) is 0. The monoisotopic (exact) mass is 365 g/mol. The van der Waals surface area contributed by atoms with Gasteiger partial charge in [-0.1, -0.05) is 30.3 Å². The molecule has 132 valence electrons. The van der Waals surface area contributed by atoms with E-state index in [1.165, 1.54) is 16.0 Å². The van der Waals surface area contributed by atoms with Crippen molar-refractivity contribution in [3.8, 4) is 17.2 Å². The second-order valence-electron chi connectivity index (χ2n) is 6.67. The molecule has 0 aliphatic carbocycles. The van der Waals surface area contributed by atoms with Crippen LogP contribution in [0.3, 0.4) is 0 Å². The molecule has 0 radical (unpaired) electrons. The highest BCUT2D eigenvalue weighted by Crippen LogP contribution is 2.42. The van der Waals surface area contributed by atoms with Crippen molar-refractivity contribution in [1.82, 2.24) is 4.90 Å². The number of fused-ring (bicyclic) bond motifs is 2. The van der Waals surface area contributed by atoms with Crippen LogP contribution >= 0.6 is 11.3 Å². The summed E-state index contributed by atoms with van der Waals surface area (Å²) in [6.45, 7) is 1.84. The molecule has 4 nitrogen and oxygen atoms in total. The van der Waals surface area contributed by atoms with E-state index in [1.54, 1.807) is 6.07 Å². The van der Waals surface area contributed by atoms with Crippen molar-refractivity contribution in [2.45, 2.75) is 19.0 Å². The Morgan fingerprint density at radius 2 is 1.88 bits per heavy atom. The molecule has 2 aromatic carbocycles. The second-order valence-corrected chi connectivity index (χ2v) is 7.67. The first-order valence-corrected chi connectivity index (χ1v) is 9.64. The van der Waals surface area contributed by atoms with Gasteiger partial charge in [-0.05, 0) is 35.1 Å². The van der Waals surface area contributed by atoms with Crippen molar-refractivity contribution in [1.29, 1.82) is 0 Å². The van der Waals surface area contributed by atoms with E-state index in [4.69, 9.17) is 9.47 Å². The largest absolute Gasteiger partial charge is 0.507 e. The number of hydrogen-bond donors (Lipinski definition) is 1. The van der Waals surface area contributed by atoms with Crippen molar-refractivity contribution >= 4 is 11.3 Å². The van der Waals surface area contributed by atoms with Gasteiger partial charge in [0.2, 0.25) is 6.79 Å². The number of benzene rings is 2. The summed E-state index contributed by atoms with van der Waals surface area (Å²) in [5.41, 5.74) is 3.54. The van der Waals surface area contributed by atoms with Crippen LogP contribution in [0.15, 0.2) is 53.9 Å². The van der Waals surface area contributed by atoms with Crippen LogP contribution < -0.4 is 9.47 Å². The minimum atomic E-state index is 0.205. The number of aromatic hydroxyl groups is 1. The Kier molecular flexibility index (Phi) is 3.84. The van der Waals surface area contributed by atoms with E-state index in [2.05, 4.69) is 46.7 Å². The van der Waals surface area contributed by atoms with Gasteiger partial charge in [0.05, 0.1) is 6.04 Å². The first kappa shape index (κ1) is 15.7. The Morgan fingerprint density at radius 1 is 1.08 bits per heavy atom. The predicted molar refractivity (Wildman–Crippen MR) is 101 cm³/mol. The number of phenolic OH excluding ortho intramolecular Hbond substituents is 1. The number of rotatable bonds is 3. The summed E-state index contributed by atoms with van der Waals surface area (Å²) in [4.78, 5) is 3.90. The van der Waals surface area contributed by atoms with Gasteiger partial charge in [0.1, 0.15) is 5.75 Å². The minimum Gasteiger partial charge on any atom is -0.507 e. The molecule has 1 atom stereocenters. The zero-order valence-electron chi connectivity index (χ0n) is 14.2. The fourth-order valence-corrected chi connectivity index (χ4v) is 4.79. The van der Waals surface area contributed by atoms with Crippen LogP contribution in [-0.2, 0) is 13.0 Å². The number of hydrogen-bond acceptors (Lipinski definition) is 5. The van der Waals surface area contributed by atoms with Crippen LogP contribution in [0.2, 0.25) is 0 Å². The molecule has 0 spiro atoms. The van der Waals surface area contributed by atoms with E-state index in [9.17, 15) is 5.11 Å². The molecule has 2 aliphatic heterocycles. The van der Waals surface area contributed by atoms with Crippen LogP contribution in [0.1, 0.15) is 27.6 Å². The topological polar surface area (TPSA) is 41.9 Å². The van der Waals surface area contributed by atoms with E-state index >= 15 is 0 Å². The van der Waals surface area contributed by atoms with E-state index < -0.39 is 0 Å². The van der Waals surface area contributed by atoms with Gasteiger partial charge < -0.3 is 14.6 Å². The SMILES string of the molecule is Oc1cc2c(cc1CN1CCc3sccc3[C@H]1c1ccccc1)OCO2. The van der Waals surface area contributed by atoms with Crippen LogP contribution in [0.25, 0.3) is 0 Å². The molecule has 3 heterocycles. The summed E-state index contributed by atoms with van der Waals surface area (Å²) >= 11 is 1.84. The lowest BCUT2D eigenvalue weighted by Gasteiger charge is -2.36. The molecule has 0 saturated heterocycles. The Balaban J connectivity index is 1.52. The molecule has 0 amide bonds. The maximum atomic E-state index is 10.5. The molecule has 0 unspecified atom stereocenters. The number of thiophene rings is 1. The van der Waals surface area contributed by atoms with Crippen molar-refractivity contribution in [3.05, 3.63) is 75.5 Å². The Hall–Kier alpha value is -2.50. The van der Waals surface area contributed by atoms with Gasteiger partial charge in [-0.3, -0.25) is 4.90 Å². The van der Waals surface area contributed by atoms with Gasteiger partial charge in [-0.25, -0.2) is 0 Å². The van der Waals surface area contributed by atoms with Gasteiger partial charge in [0, 0.05) is 29.6 Å². The molecule has 0 saturated carbocycles. The summed E-state index contributed by atoms with van der Waals surface area (Å²) in [6.07, 6.45) is 1.04. The highest BCUT2D eigenvalue weighted by Gasteiger charge is 2.30. The van der Waals surface area contributed by atoms with Gasteiger partial charge >= 0.3 is 0 Å². The molecule has 0 bridgehead atoms. The fraction of sp³-hybridized carbons (Fsp3) is 0.238. The van der Waals surface area contributed by atoms with Crippen LogP contribution in [0, 0.1) is 0 Å². The molecular formula is C21H19NO3S. The van der Waals surface area contributed by atoms with Crippen LogP contribution in [0.4, 0.5) is 0 Å². The Bertz CT molecular complexity index is 938. The van der Waals surface area contributed by atoms with Gasteiger partial charge in [-0.15, -0.1) is 11.3 Å². The van der Waals surface area contributed by atoms with E-state index in [0.29, 0.717) is 18.0 Å². The molecule has 1 N–H and O–H groups in total. The van der Waals surface area contributed by atoms with Gasteiger partial charge in [0.25, 0.3) is 0 Å². The van der Waals surface area contributed by atoms with E-state index in [1.807, 2.05) is 17.4 Å². The average Bonchev–Trinajstić information content (AvgIpc) is 3.31. The van der Waals surface area contributed by atoms with E-state index in [0.717, 1.165) is 18.5 Å². The lowest BCUT2D eigenvalue weighted by Crippen LogP contribution is -2.34. The van der Waals surface area contributed by atoms with Crippen molar-refractivity contribution in [2.75, 3.05) is 13.3 Å². The molecule has 1 aromatic heterocycles. The number of phenols is 1. The zero-order chi connectivity index (χ0) is 17.5. The first-order valence-electron chi connectivity index (χ1n) is 8.76. The van der Waals surface area contributed by atoms with Crippen molar-refractivity contribution in [2.24, 2.45) is 0 Å². The van der Waals surface area contributed by atoms with Gasteiger partial charge in [-0.2, -0.15) is 0 Å². The molecule has 5 heteroatoms. The summed E-state index contributed by atoms with van der Waals surface area (Å²) in [5.74, 6) is 1.59. The average molecular weight is 365 g/mol. The lowest BCUT2D eigenvalue weighted by atomic mass is 9.92. The highest BCUT2D eigenvalue weighted by atomic mass is 32.1. The third kappa shape index (κ3) is 2.64. The highest BCUT2D eigenvalue weighted by molar-refractivity contribution is 7.10. The molecule has 3 aromatic rings. The first-order chi connectivity index (χ1) is 12.8. The fourth-order valence-electron chi connectivity index (χ4n) is 3.88. The molecular weight excluding hydrogens is 346 g/mol. The minimum absolute atomic E-state index is 0.205. The summed E-state index contributed by atoms with van der Waals surface area (Å²) in [5, 5.41) is 12.6. The number of ether oxygens (including phenoxy) is 2. The van der Waals surface area contributed by atoms with Crippen LogP contribution in [-0.4, -0.2) is 23.3 Å². The van der Waals surface area contributed by atoms with Crippen molar-refractivity contribution in [3.63, 3.8) is 0 Å². The third-order valence-electron chi connectivity index (χ3n) is 5.13. The van der Waals surface area contributed by atoms with Crippen molar-refractivity contribution < 1.29 is 14.6 Å². The summed E-state index contributed by atoms with van der Waals surface area (Å²) in [6, 6.07) is 16.6. The lowest BCUT2D eigenvalue weighted by molar-refractivity contribution is 0.173. The normalized spacial score (nSPS) is 18.7. The maximum Gasteiger partial charge on any atom is 0.231 e. The third-order valence-corrected chi connectivity index (χ3v) is 6.12. The molecule has 5 rings (SSSR count). The second kappa shape index (κ2) is 6.34. The maximum absolute atomic E-state index is 10.5. The predicted octanol–water partition coefficient (Wildman–Crippen LogP) is 4.33. The number of nitrogens with zero attached hydrogens (tertiary/aromatic N) is 1.